The average Bonchev–Trinajstić information content (AvgIpc) is 1.86. The van der Waals surface area contributed by atoms with Gasteiger partial charge >= 0.3 is 0 Å². The second-order valence-corrected chi connectivity index (χ2v) is 32.2. The van der Waals surface area contributed by atoms with Gasteiger partial charge in [0, 0.05) is 41.1 Å². The second-order valence-electron chi connectivity index (χ2n) is 32.2. The van der Waals surface area contributed by atoms with E-state index in [0.29, 0.717) is 58.2 Å². The number of benzene rings is 7. The Bertz CT molecular complexity index is 5250. The van der Waals surface area contributed by atoms with Crippen LogP contribution in [0, 0.1) is 55.4 Å². The molecule has 11 N–H and O–H groups in total. The predicted molar refractivity (Wildman–Crippen MR) is 518 cm³/mol. The number of aliphatic hydroxyl groups is 7. The van der Waals surface area contributed by atoms with E-state index >= 15 is 0 Å². The molecule has 0 spiro atoms. The minimum absolute atomic E-state index is 0.211. The summed E-state index contributed by atoms with van der Waals surface area (Å²) in [5.74, 6) is 5.89. The first-order chi connectivity index (χ1) is 64.2. The van der Waals surface area contributed by atoms with Gasteiger partial charge < -0.3 is 80.4 Å². The van der Waals surface area contributed by atoms with Gasteiger partial charge in [0.1, 0.15) is 135 Å². The Labute approximate surface area is 782 Å². The van der Waals surface area contributed by atoms with Gasteiger partial charge in [-0.1, -0.05) is 168 Å². The minimum atomic E-state index is -0.646. The molecule has 0 fully saturated rings. The Hall–Kier alpha value is -12.9. The predicted octanol–water partition coefficient (Wildman–Crippen LogP) is 13.8. The first kappa shape index (κ1) is 105. The number of aliphatic hydroxyl groups excluding tert-OH is 7. The van der Waals surface area contributed by atoms with Crippen LogP contribution in [-0.4, -0.2) is 193 Å². The van der Waals surface area contributed by atoms with Gasteiger partial charge in [-0.25, -0.2) is 4.68 Å². The van der Waals surface area contributed by atoms with E-state index in [4.69, 9.17) is 44.6 Å². The summed E-state index contributed by atoms with van der Waals surface area (Å²) >= 11 is 0. The van der Waals surface area contributed by atoms with Crippen molar-refractivity contribution in [3.05, 3.63) is 329 Å². The van der Waals surface area contributed by atoms with Gasteiger partial charge in [0.2, 0.25) is 0 Å². The molecule has 7 heterocycles. The quantitative estimate of drug-likeness (QED) is 0.0172. The fourth-order valence-corrected chi connectivity index (χ4v) is 13.6. The molecule has 0 aliphatic carbocycles. The summed E-state index contributed by atoms with van der Waals surface area (Å²) in [7, 11) is 0. The first-order valence-electron chi connectivity index (χ1n) is 45.4. The van der Waals surface area contributed by atoms with Crippen molar-refractivity contribution in [2.45, 2.75) is 217 Å². The Morgan fingerprint density at radius 2 is 0.489 bits per heavy atom. The van der Waals surface area contributed by atoms with Crippen LogP contribution in [0.4, 0.5) is 5.82 Å². The summed E-state index contributed by atoms with van der Waals surface area (Å²) in [5, 5.41) is 100. The van der Waals surface area contributed by atoms with Crippen LogP contribution in [0.2, 0.25) is 0 Å². The lowest BCUT2D eigenvalue weighted by Gasteiger charge is -2.14. The van der Waals surface area contributed by atoms with Crippen LogP contribution in [0.15, 0.2) is 255 Å². The molecular formula is C103H138N16O14. The molecule has 7 aromatic carbocycles. The Kier molecular flexibility index (Phi) is 46.1. The molecule has 133 heavy (non-hydrogen) atoms. The number of hydrogen-bond acceptors (Lipinski definition) is 23. The topological polar surface area (TPSA) is 383 Å². The highest BCUT2D eigenvalue weighted by Gasteiger charge is 2.19. The number of hydrogen-bond donors (Lipinski definition) is 9. The van der Waals surface area contributed by atoms with E-state index in [9.17, 15) is 35.7 Å². The molecule has 0 radical (unpaired) electrons. The van der Waals surface area contributed by atoms with Crippen molar-refractivity contribution in [2.24, 2.45) is 5.73 Å². The third-order valence-electron chi connectivity index (χ3n) is 20.0. The number of ether oxygens (including phenoxy) is 7. The molecule has 0 aliphatic heterocycles. The number of aromatic nitrogens is 14. The fourth-order valence-electron chi connectivity index (χ4n) is 13.6. The maximum Gasteiger partial charge on any atom is 0.122 e. The molecular weight excluding hydrogens is 1690 g/mol. The SMILES string of the molecule is CCCc1cc(C)n(CC(O)COc2ccccc2)n1.CCCc1cc(C)nn1CC(O)COc1ccccc1.CCc1cc(C)n(CC(O)COc2ccccc2)n1.CCc1cc(C)nn1CC(O)COc1ccccc1.Cc1cc(C)n(CC(O)COc2ccccc2)n1.Cc1cc(CN)n(CC(O)COc2ccccc2)n1.Cc1cc(N)n(CC(O)COc2ccccc2)n1. The van der Waals surface area contributed by atoms with Crippen molar-refractivity contribution in [3.8, 4) is 40.2 Å². The zero-order chi connectivity index (χ0) is 95.7. The average molecular weight is 1820 g/mol. The van der Waals surface area contributed by atoms with Gasteiger partial charge in [-0.3, -0.25) is 28.1 Å². The van der Waals surface area contributed by atoms with Crippen molar-refractivity contribution >= 4 is 5.82 Å². The van der Waals surface area contributed by atoms with Gasteiger partial charge in [-0.05, 0) is 202 Å². The van der Waals surface area contributed by atoms with Crippen LogP contribution in [0.5, 0.6) is 40.2 Å². The van der Waals surface area contributed by atoms with Crippen LogP contribution in [0.1, 0.15) is 115 Å². The number of para-hydroxylation sites is 7. The molecule has 7 unspecified atom stereocenters. The molecule has 714 valence electrons. The lowest BCUT2D eigenvalue weighted by molar-refractivity contribution is 0.0883. The summed E-state index contributed by atoms with van der Waals surface area (Å²) in [5.41, 5.74) is 24.6. The molecule has 30 nitrogen and oxygen atoms in total. The number of nitrogen functional groups attached to an aromatic ring is 1. The van der Waals surface area contributed by atoms with Crippen molar-refractivity contribution < 1.29 is 68.9 Å². The molecule has 7 aromatic heterocycles. The highest BCUT2D eigenvalue weighted by Crippen LogP contribution is 2.20. The van der Waals surface area contributed by atoms with Gasteiger partial charge in [-0.15, -0.1) is 0 Å². The van der Waals surface area contributed by atoms with E-state index in [1.165, 1.54) is 5.69 Å². The summed E-state index contributed by atoms with van der Waals surface area (Å²) < 4.78 is 51.1. The van der Waals surface area contributed by atoms with Gasteiger partial charge in [-0.2, -0.15) is 35.7 Å². The first-order valence-corrected chi connectivity index (χ1v) is 45.4. The summed E-state index contributed by atoms with van der Waals surface area (Å²) in [6, 6.07) is 80.3. The third-order valence-corrected chi connectivity index (χ3v) is 20.0. The molecule has 0 amide bonds. The van der Waals surface area contributed by atoms with E-state index in [-0.39, 0.29) is 46.2 Å². The number of aryl methyl sites for hydroxylation is 12. The standard InChI is InChI=1S/2C16H22N2O2.2C15H20N2O2.C14H19N3O2.C14H18N2O2.C13H17N3O2/c1-3-7-14-10-13(2)18(17-14)11-15(19)12-20-16-8-5-4-6-9-16;1-3-7-14-10-13(2)17-18(14)11-15(19)12-20-16-8-5-4-6-9-16;1-3-13-9-12(2)17(16-13)10-14(18)11-19-15-7-5-4-6-8-15;1-3-13-9-12(2)16-17(13)10-14(18)11-19-15-7-5-4-6-8-15;1-11-7-12(8-15)17(16-11)9-13(18)10-19-14-5-3-2-4-6-14;1-11-8-12(2)16(15-11)9-13(17)10-18-14-6-4-3-5-7-14;1-10-7-13(14)16(15-10)8-11(17)9-18-12-5-3-2-4-6-12/h2*4-6,8-10,15,19H,3,7,11-12H2,1-2H3;2*4-9,14,18H,3,10-11H2,1-2H3;2-7,13,18H,8-10,15H2,1H3;3-8,13,17H,9-10H2,1-2H3;2-7,11,17H,8-9,14H2,1H3. The molecule has 30 heteroatoms. The molecule has 14 rings (SSSR count). The third kappa shape index (κ3) is 40.0. The highest BCUT2D eigenvalue weighted by molar-refractivity contribution is 5.31. The van der Waals surface area contributed by atoms with E-state index < -0.39 is 42.7 Å². The lowest BCUT2D eigenvalue weighted by atomic mass is 10.2. The van der Waals surface area contributed by atoms with E-state index in [1.54, 1.807) is 20.1 Å². The normalized spacial score (nSPS) is 12.4. The summed E-state index contributed by atoms with van der Waals surface area (Å²) in [6.07, 6.45) is 1.83. The maximum absolute atomic E-state index is 10.1. The molecule has 0 saturated heterocycles. The van der Waals surface area contributed by atoms with Crippen molar-refractivity contribution in [1.29, 1.82) is 0 Å². The van der Waals surface area contributed by atoms with Crippen LogP contribution in [-0.2, 0) is 78.0 Å². The van der Waals surface area contributed by atoms with E-state index in [1.807, 2.05) is 311 Å². The van der Waals surface area contributed by atoms with Crippen molar-refractivity contribution in [2.75, 3.05) is 52.0 Å². The number of nitrogens with zero attached hydrogens (tertiary/aromatic N) is 14. The fraction of sp³-hybridized carbons (Fsp3) is 0.388. The smallest absolute Gasteiger partial charge is 0.122 e. The zero-order valence-electron chi connectivity index (χ0n) is 79.0. The Morgan fingerprint density at radius 1 is 0.256 bits per heavy atom. The Balaban J connectivity index is 0.000000191. The second kappa shape index (κ2) is 58.1. The van der Waals surface area contributed by atoms with Crippen molar-refractivity contribution in [1.82, 2.24) is 68.5 Å². The zero-order valence-corrected chi connectivity index (χ0v) is 79.0. The van der Waals surface area contributed by atoms with E-state index in [0.717, 1.165) is 147 Å². The maximum atomic E-state index is 10.1. The molecule has 0 aliphatic rings. The molecule has 0 saturated carbocycles. The summed E-state index contributed by atoms with van der Waals surface area (Å²) in [4.78, 5) is 0. The highest BCUT2D eigenvalue weighted by atomic mass is 16.5. The van der Waals surface area contributed by atoms with Gasteiger partial charge in [0.15, 0.2) is 0 Å². The number of anilines is 1. The van der Waals surface area contributed by atoms with Crippen LogP contribution in [0.25, 0.3) is 0 Å². The number of rotatable bonds is 42. The van der Waals surface area contributed by atoms with Crippen molar-refractivity contribution in [3.63, 3.8) is 0 Å². The lowest BCUT2D eigenvalue weighted by Crippen LogP contribution is -2.25. The number of nitrogens with two attached hydrogens (primary N) is 2. The Morgan fingerprint density at radius 3 is 0.759 bits per heavy atom. The van der Waals surface area contributed by atoms with Crippen LogP contribution >= 0.6 is 0 Å². The largest absolute Gasteiger partial charge is 0.491 e. The summed E-state index contributed by atoms with van der Waals surface area (Å²) in [6.45, 7) is 29.3. The molecule has 0 bridgehead atoms. The molecule has 7 atom stereocenters. The van der Waals surface area contributed by atoms with Crippen LogP contribution in [0.3, 0.4) is 0 Å². The molecule has 14 aromatic rings. The van der Waals surface area contributed by atoms with Gasteiger partial charge in [0.25, 0.3) is 0 Å². The van der Waals surface area contributed by atoms with Crippen LogP contribution < -0.4 is 44.6 Å². The minimum Gasteiger partial charge on any atom is -0.491 e. The monoisotopic (exact) mass is 1820 g/mol. The van der Waals surface area contributed by atoms with Gasteiger partial charge in [0.05, 0.1) is 91.4 Å². The van der Waals surface area contributed by atoms with E-state index in [2.05, 4.69) is 75.5 Å².